The molecular formula is C20H23FN2O2. The lowest BCUT2D eigenvalue weighted by molar-refractivity contribution is 0.181. The van der Waals surface area contributed by atoms with Crippen molar-refractivity contribution in [3.8, 4) is 5.75 Å². The van der Waals surface area contributed by atoms with Crippen LogP contribution in [0.25, 0.3) is 0 Å². The highest BCUT2D eigenvalue weighted by atomic mass is 19.1. The molecule has 0 saturated heterocycles. The van der Waals surface area contributed by atoms with Gasteiger partial charge in [0.05, 0.1) is 7.11 Å². The zero-order valence-corrected chi connectivity index (χ0v) is 14.5. The summed E-state index contributed by atoms with van der Waals surface area (Å²) in [5.74, 6) is 0.206. The summed E-state index contributed by atoms with van der Waals surface area (Å²) in [7, 11) is 1.41. The van der Waals surface area contributed by atoms with Crippen LogP contribution in [0.3, 0.4) is 0 Å². The van der Waals surface area contributed by atoms with Gasteiger partial charge in [0, 0.05) is 24.3 Å². The summed E-state index contributed by atoms with van der Waals surface area (Å²) in [6, 6.07) is 14.3. The predicted molar refractivity (Wildman–Crippen MR) is 96.1 cm³/mol. The van der Waals surface area contributed by atoms with Gasteiger partial charge in [-0.05, 0) is 43.4 Å². The average molecular weight is 342 g/mol. The second kappa shape index (κ2) is 7.55. The average Bonchev–Trinajstić information content (AvgIpc) is 3.45. The molecule has 4 nitrogen and oxygen atoms in total. The molecule has 2 aromatic carbocycles. The van der Waals surface area contributed by atoms with Gasteiger partial charge in [0.2, 0.25) is 0 Å². The van der Waals surface area contributed by atoms with Gasteiger partial charge in [-0.2, -0.15) is 0 Å². The van der Waals surface area contributed by atoms with Crippen LogP contribution in [0.15, 0.2) is 48.5 Å². The summed E-state index contributed by atoms with van der Waals surface area (Å²) in [5, 5.41) is 2.81. The summed E-state index contributed by atoms with van der Waals surface area (Å²) < 4.78 is 18.8. The normalized spacial score (nSPS) is 14.7. The van der Waals surface area contributed by atoms with E-state index in [1.807, 2.05) is 35.2 Å². The first-order valence-electron chi connectivity index (χ1n) is 8.53. The largest absolute Gasteiger partial charge is 0.494 e. The standard InChI is InChI=1S/C20H23FN2O2/c1-14(16-8-9-16)23(13-15-6-4-3-5-7-15)20(24)22-17-10-11-19(25-2)18(21)12-17/h3-7,10-12,14,16H,8-9,13H2,1-2H3,(H,22,24). The molecule has 0 aliphatic heterocycles. The minimum atomic E-state index is -0.495. The Bertz CT molecular complexity index is 732. The molecule has 5 heteroatoms. The van der Waals surface area contributed by atoms with Gasteiger partial charge in [-0.15, -0.1) is 0 Å². The highest BCUT2D eigenvalue weighted by Gasteiger charge is 2.34. The Labute approximate surface area is 147 Å². The number of halogens is 1. The topological polar surface area (TPSA) is 41.6 Å². The van der Waals surface area contributed by atoms with Gasteiger partial charge in [-0.1, -0.05) is 30.3 Å². The first-order valence-corrected chi connectivity index (χ1v) is 8.53. The molecule has 25 heavy (non-hydrogen) atoms. The van der Waals surface area contributed by atoms with Crippen molar-refractivity contribution in [1.82, 2.24) is 4.90 Å². The summed E-state index contributed by atoms with van der Waals surface area (Å²) >= 11 is 0. The number of nitrogens with one attached hydrogen (secondary N) is 1. The zero-order chi connectivity index (χ0) is 17.8. The van der Waals surface area contributed by atoms with Crippen LogP contribution in [-0.2, 0) is 6.54 Å². The van der Waals surface area contributed by atoms with Gasteiger partial charge in [0.25, 0.3) is 0 Å². The number of benzene rings is 2. The van der Waals surface area contributed by atoms with E-state index in [9.17, 15) is 9.18 Å². The van der Waals surface area contributed by atoms with E-state index in [2.05, 4.69) is 12.2 Å². The predicted octanol–water partition coefficient (Wildman–Crippen LogP) is 4.67. The van der Waals surface area contributed by atoms with Gasteiger partial charge in [-0.25, -0.2) is 9.18 Å². The minimum absolute atomic E-state index is 0.142. The summed E-state index contributed by atoms with van der Waals surface area (Å²) in [4.78, 5) is 14.6. The maximum atomic E-state index is 13.9. The lowest BCUT2D eigenvalue weighted by Crippen LogP contribution is -2.42. The number of anilines is 1. The Morgan fingerprint density at radius 2 is 2.00 bits per heavy atom. The molecule has 2 amide bonds. The van der Waals surface area contributed by atoms with Crippen molar-refractivity contribution in [2.45, 2.75) is 32.4 Å². The van der Waals surface area contributed by atoms with Crippen molar-refractivity contribution in [1.29, 1.82) is 0 Å². The molecule has 1 aliphatic carbocycles. The van der Waals surface area contributed by atoms with Crippen LogP contribution in [-0.4, -0.2) is 24.1 Å². The van der Waals surface area contributed by atoms with Crippen molar-refractivity contribution in [3.05, 3.63) is 59.9 Å². The van der Waals surface area contributed by atoms with E-state index in [0.29, 0.717) is 18.2 Å². The summed E-state index contributed by atoms with van der Waals surface area (Å²) in [5.41, 5.74) is 1.50. The Hall–Kier alpha value is -2.56. The lowest BCUT2D eigenvalue weighted by Gasteiger charge is -2.30. The van der Waals surface area contributed by atoms with E-state index in [4.69, 9.17) is 4.74 Å². The van der Waals surface area contributed by atoms with Crippen LogP contribution in [0, 0.1) is 11.7 Å². The number of methoxy groups -OCH3 is 1. The van der Waals surface area contributed by atoms with E-state index in [1.54, 1.807) is 6.07 Å². The number of amides is 2. The number of carbonyl (C=O) groups excluding carboxylic acids is 1. The van der Waals surface area contributed by atoms with Crippen LogP contribution in [0.5, 0.6) is 5.75 Å². The molecule has 1 saturated carbocycles. The smallest absolute Gasteiger partial charge is 0.322 e. The number of urea groups is 1. The maximum Gasteiger partial charge on any atom is 0.322 e. The number of nitrogens with zero attached hydrogens (tertiary/aromatic N) is 1. The molecule has 3 rings (SSSR count). The zero-order valence-electron chi connectivity index (χ0n) is 14.5. The lowest BCUT2D eigenvalue weighted by atomic mass is 10.1. The van der Waals surface area contributed by atoms with Crippen molar-refractivity contribution >= 4 is 11.7 Å². The van der Waals surface area contributed by atoms with Crippen molar-refractivity contribution in [2.24, 2.45) is 5.92 Å². The summed E-state index contributed by atoms with van der Waals surface area (Å²) in [6.07, 6.45) is 2.30. The van der Waals surface area contributed by atoms with Crippen molar-refractivity contribution in [3.63, 3.8) is 0 Å². The molecule has 1 aliphatic rings. The number of hydrogen-bond donors (Lipinski definition) is 1. The minimum Gasteiger partial charge on any atom is -0.494 e. The molecule has 1 fully saturated rings. The van der Waals surface area contributed by atoms with Gasteiger partial charge in [0.15, 0.2) is 11.6 Å². The quantitative estimate of drug-likeness (QED) is 0.829. The monoisotopic (exact) mass is 342 g/mol. The third-order valence-corrected chi connectivity index (χ3v) is 4.66. The summed E-state index contributed by atoms with van der Waals surface area (Å²) in [6.45, 7) is 2.61. The molecule has 0 radical (unpaired) electrons. The molecule has 0 spiro atoms. The highest BCUT2D eigenvalue weighted by molar-refractivity contribution is 5.89. The molecule has 132 valence electrons. The van der Waals surface area contributed by atoms with Crippen LogP contribution in [0.2, 0.25) is 0 Å². The number of ether oxygens (including phenoxy) is 1. The fraction of sp³-hybridized carbons (Fsp3) is 0.350. The Morgan fingerprint density at radius 3 is 2.60 bits per heavy atom. The third-order valence-electron chi connectivity index (χ3n) is 4.66. The van der Waals surface area contributed by atoms with Crippen molar-refractivity contribution in [2.75, 3.05) is 12.4 Å². The molecule has 2 aromatic rings. The molecule has 0 bridgehead atoms. The molecular weight excluding hydrogens is 319 g/mol. The first-order chi connectivity index (χ1) is 12.1. The van der Waals surface area contributed by atoms with Crippen LogP contribution < -0.4 is 10.1 Å². The van der Waals surface area contributed by atoms with E-state index in [1.165, 1.54) is 19.2 Å². The highest BCUT2D eigenvalue weighted by Crippen LogP contribution is 2.36. The Morgan fingerprint density at radius 1 is 1.28 bits per heavy atom. The second-order valence-electron chi connectivity index (χ2n) is 6.47. The van der Waals surface area contributed by atoms with Crippen LogP contribution in [0.1, 0.15) is 25.3 Å². The van der Waals surface area contributed by atoms with E-state index in [-0.39, 0.29) is 17.8 Å². The van der Waals surface area contributed by atoms with Crippen LogP contribution in [0.4, 0.5) is 14.9 Å². The van der Waals surface area contributed by atoms with Gasteiger partial charge in [0.1, 0.15) is 0 Å². The van der Waals surface area contributed by atoms with Gasteiger partial charge >= 0.3 is 6.03 Å². The fourth-order valence-corrected chi connectivity index (χ4v) is 2.95. The second-order valence-corrected chi connectivity index (χ2v) is 6.47. The van der Waals surface area contributed by atoms with Gasteiger partial charge in [-0.3, -0.25) is 0 Å². The number of rotatable bonds is 6. The Kier molecular flexibility index (Phi) is 5.22. The molecule has 1 unspecified atom stereocenters. The molecule has 0 heterocycles. The molecule has 0 aromatic heterocycles. The first kappa shape index (κ1) is 17.3. The Balaban J connectivity index is 1.75. The maximum absolute atomic E-state index is 13.9. The SMILES string of the molecule is COc1ccc(NC(=O)N(Cc2ccccc2)C(C)C2CC2)cc1F. The van der Waals surface area contributed by atoms with Crippen molar-refractivity contribution < 1.29 is 13.9 Å². The molecule has 1 atom stereocenters. The van der Waals surface area contributed by atoms with E-state index >= 15 is 0 Å². The van der Waals surface area contributed by atoms with E-state index in [0.717, 1.165) is 18.4 Å². The number of hydrogen-bond acceptors (Lipinski definition) is 2. The van der Waals surface area contributed by atoms with E-state index < -0.39 is 5.82 Å². The fourth-order valence-electron chi connectivity index (χ4n) is 2.95. The number of carbonyl (C=O) groups is 1. The van der Waals surface area contributed by atoms with Gasteiger partial charge < -0.3 is 15.0 Å². The van der Waals surface area contributed by atoms with Crippen LogP contribution >= 0.6 is 0 Å². The molecule has 1 N–H and O–H groups in total. The third kappa shape index (κ3) is 4.29.